The lowest BCUT2D eigenvalue weighted by Gasteiger charge is -2.33. The van der Waals surface area contributed by atoms with Crippen LogP contribution in [0.4, 0.5) is 4.39 Å². The molecule has 1 atom stereocenters. The first-order chi connectivity index (χ1) is 9.56. The van der Waals surface area contributed by atoms with E-state index in [0.717, 1.165) is 25.2 Å². The Morgan fingerprint density at radius 2 is 2.20 bits per heavy atom. The van der Waals surface area contributed by atoms with Crippen LogP contribution < -0.4 is 5.32 Å². The van der Waals surface area contributed by atoms with Gasteiger partial charge in [-0.05, 0) is 66.9 Å². The first-order valence-corrected chi connectivity index (χ1v) is 8.27. The number of hydrogen-bond acceptors (Lipinski definition) is 2. The average Bonchev–Trinajstić information content (AvgIpc) is 2.43. The smallest absolute Gasteiger partial charge is 0.137 e. The van der Waals surface area contributed by atoms with Crippen LogP contribution in [0.5, 0.6) is 0 Å². The third kappa shape index (κ3) is 4.54. The van der Waals surface area contributed by atoms with Crippen molar-refractivity contribution >= 4 is 15.9 Å². The van der Waals surface area contributed by atoms with Gasteiger partial charge in [0.1, 0.15) is 5.82 Å². The molecule has 1 N–H and O–H groups in total. The van der Waals surface area contributed by atoms with Crippen LogP contribution in [0, 0.1) is 5.82 Å². The van der Waals surface area contributed by atoms with Crippen LogP contribution >= 0.6 is 15.9 Å². The minimum atomic E-state index is -0.196. The summed E-state index contributed by atoms with van der Waals surface area (Å²) in [4.78, 5) is 2.46. The maximum atomic E-state index is 13.3. The quantitative estimate of drug-likeness (QED) is 0.871. The molecule has 1 aliphatic rings. The summed E-state index contributed by atoms with van der Waals surface area (Å²) in [5.41, 5.74) is 1.16. The highest BCUT2D eigenvalue weighted by Crippen LogP contribution is 2.19. The van der Waals surface area contributed by atoms with Crippen molar-refractivity contribution in [3.8, 4) is 0 Å². The second-order valence-electron chi connectivity index (χ2n) is 5.92. The Morgan fingerprint density at radius 1 is 1.40 bits per heavy atom. The predicted molar refractivity (Wildman–Crippen MR) is 85.3 cm³/mol. The van der Waals surface area contributed by atoms with E-state index in [0.29, 0.717) is 16.6 Å². The first kappa shape index (κ1) is 15.9. The van der Waals surface area contributed by atoms with Crippen molar-refractivity contribution in [2.45, 2.75) is 51.7 Å². The molecule has 0 bridgehead atoms. The van der Waals surface area contributed by atoms with E-state index in [-0.39, 0.29) is 5.82 Å². The monoisotopic (exact) mass is 342 g/mol. The highest BCUT2D eigenvalue weighted by atomic mass is 79.9. The van der Waals surface area contributed by atoms with Crippen molar-refractivity contribution in [1.29, 1.82) is 0 Å². The molecule has 0 saturated carbocycles. The number of benzene rings is 1. The third-order valence-electron chi connectivity index (χ3n) is 3.97. The number of nitrogens with one attached hydrogen (secondary N) is 1. The lowest BCUT2D eigenvalue weighted by atomic mass is 10.0. The maximum Gasteiger partial charge on any atom is 0.137 e. The SMILES string of the molecule is CC(C)N(Cc1ccc(F)c(Br)c1)CC1CCCCN1. The number of halogens is 2. The summed E-state index contributed by atoms with van der Waals surface area (Å²) < 4.78 is 13.8. The Labute approximate surface area is 129 Å². The van der Waals surface area contributed by atoms with Crippen molar-refractivity contribution < 1.29 is 4.39 Å². The number of rotatable bonds is 5. The van der Waals surface area contributed by atoms with Gasteiger partial charge in [-0.15, -0.1) is 0 Å². The van der Waals surface area contributed by atoms with Gasteiger partial charge >= 0.3 is 0 Å². The van der Waals surface area contributed by atoms with Crippen LogP contribution in [0.25, 0.3) is 0 Å². The van der Waals surface area contributed by atoms with Crippen LogP contribution in [0.15, 0.2) is 22.7 Å². The average molecular weight is 343 g/mol. The molecule has 4 heteroatoms. The maximum absolute atomic E-state index is 13.3. The van der Waals surface area contributed by atoms with Gasteiger partial charge in [-0.3, -0.25) is 4.90 Å². The summed E-state index contributed by atoms with van der Waals surface area (Å²) in [6.45, 7) is 7.52. The van der Waals surface area contributed by atoms with Crippen molar-refractivity contribution in [3.63, 3.8) is 0 Å². The van der Waals surface area contributed by atoms with Crippen molar-refractivity contribution in [2.24, 2.45) is 0 Å². The molecule has 2 nitrogen and oxygen atoms in total. The fourth-order valence-electron chi connectivity index (χ4n) is 2.69. The normalized spacial score (nSPS) is 19.8. The van der Waals surface area contributed by atoms with Crippen LogP contribution in [0.3, 0.4) is 0 Å². The second kappa shape index (κ2) is 7.53. The van der Waals surface area contributed by atoms with Gasteiger partial charge in [0.25, 0.3) is 0 Å². The minimum absolute atomic E-state index is 0.196. The van der Waals surface area contributed by atoms with Crippen molar-refractivity contribution in [2.75, 3.05) is 13.1 Å². The Kier molecular flexibility index (Phi) is 6.00. The predicted octanol–water partition coefficient (Wildman–Crippen LogP) is 3.94. The summed E-state index contributed by atoms with van der Waals surface area (Å²) in [7, 11) is 0. The van der Waals surface area contributed by atoms with Crippen LogP contribution in [0.1, 0.15) is 38.7 Å². The molecule has 0 radical (unpaired) electrons. The van der Waals surface area contributed by atoms with Gasteiger partial charge in [0.2, 0.25) is 0 Å². The van der Waals surface area contributed by atoms with Gasteiger partial charge in [0, 0.05) is 25.2 Å². The van der Waals surface area contributed by atoms with E-state index in [1.165, 1.54) is 25.3 Å². The fraction of sp³-hybridized carbons (Fsp3) is 0.625. The minimum Gasteiger partial charge on any atom is -0.313 e. The molecule has 1 aromatic rings. The number of hydrogen-bond donors (Lipinski definition) is 1. The lowest BCUT2D eigenvalue weighted by Crippen LogP contribution is -2.45. The summed E-state index contributed by atoms with van der Waals surface area (Å²) >= 11 is 3.27. The molecule has 0 amide bonds. The van der Waals surface area contributed by atoms with E-state index in [1.54, 1.807) is 0 Å². The zero-order valence-electron chi connectivity index (χ0n) is 12.3. The molecule has 20 heavy (non-hydrogen) atoms. The van der Waals surface area contributed by atoms with Gasteiger partial charge in [-0.25, -0.2) is 4.39 Å². The van der Waals surface area contributed by atoms with E-state index < -0.39 is 0 Å². The van der Waals surface area contributed by atoms with Crippen molar-refractivity contribution in [3.05, 3.63) is 34.1 Å². The largest absolute Gasteiger partial charge is 0.313 e. The molecule has 0 aromatic heterocycles. The number of nitrogens with zero attached hydrogens (tertiary/aromatic N) is 1. The molecule has 1 aliphatic heterocycles. The molecule has 112 valence electrons. The van der Waals surface area contributed by atoms with Gasteiger partial charge in [0.15, 0.2) is 0 Å². The van der Waals surface area contributed by atoms with E-state index in [1.807, 2.05) is 12.1 Å². The van der Waals surface area contributed by atoms with E-state index >= 15 is 0 Å². The molecule has 1 heterocycles. The molecule has 1 aromatic carbocycles. The molecular weight excluding hydrogens is 319 g/mol. The van der Waals surface area contributed by atoms with Gasteiger partial charge in [0.05, 0.1) is 4.47 Å². The Morgan fingerprint density at radius 3 is 2.80 bits per heavy atom. The topological polar surface area (TPSA) is 15.3 Å². The summed E-state index contributed by atoms with van der Waals surface area (Å²) in [5.74, 6) is -0.196. The van der Waals surface area contributed by atoms with Gasteiger partial charge in [-0.2, -0.15) is 0 Å². The molecule has 1 saturated heterocycles. The molecule has 1 fully saturated rings. The zero-order chi connectivity index (χ0) is 14.5. The van der Waals surface area contributed by atoms with E-state index in [4.69, 9.17) is 0 Å². The Balaban J connectivity index is 1.99. The number of piperidine rings is 1. The standard InChI is InChI=1S/C16H24BrFN2/c1-12(2)20(11-14-5-3-4-8-19-14)10-13-6-7-16(18)15(17)9-13/h6-7,9,12,14,19H,3-5,8,10-11H2,1-2H3. The second-order valence-corrected chi connectivity index (χ2v) is 6.77. The fourth-order valence-corrected chi connectivity index (χ4v) is 3.12. The highest BCUT2D eigenvalue weighted by Gasteiger charge is 2.19. The highest BCUT2D eigenvalue weighted by molar-refractivity contribution is 9.10. The Bertz CT molecular complexity index is 430. The first-order valence-electron chi connectivity index (χ1n) is 7.47. The third-order valence-corrected chi connectivity index (χ3v) is 4.57. The van der Waals surface area contributed by atoms with E-state index in [9.17, 15) is 4.39 Å². The van der Waals surface area contributed by atoms with Crippen molar-refractivity contribution in [1.82, 2.24) is 10.2 Å². The summed E-state index contributed by atoms with van der Waals surface area (Å²) in [6, 6.07) is 6.39. The van der Waals surface area contributed by atoms with Gasteiger partial charge in [-0.1, -0.05) is 12.5 Å². The van der Waals surface area contributed by atoms with Crippen LogP contribution in [-0.4, -0.2) is 30.1 Å². The molecule has 1 unspecified atom stereocenters. The molecule has 0 aliphatic carbocycles. The zero-order valence-corrected chi connectivity index (χ0v) is 13.9. The summed E-state index contributed by atoms with van der Waals surface area (Å²) in [6.07, 6.45) is 3.88. The molecule has 0 spiro atoms. The van der Waals surface area contributed by atoms with E-state index in [2.05, 4.69) is 40.0 Å². The van der Waals surface area contributed by atoms with Crippen LogP contribution in [-0.2, 0) is 6.54 Å². The van der Waals surface area contributed by atoms with Gasteiger partial charge < -0.3 is 5.32 Å². The molecule has 2 rings (SSSR count). The summed E-state index contributed by atoms with van der Waals surface area (Å²) in [5, 5.41) is 3.60. The van der Waals surface area contributed by atoms with Crippen LogP contribution in [0.2, 0.25) is 0 Å². The Hall–Kier alpha value is -0.450. The lowest BCUT2D eigenvalue weighted by molar-refractivity contribution is 0.177. The molecular formula is C16H24BrFN2.